The van der Waals surface area contributed by atoms with Gasteiger partial charge in [0.15, 0.2) is 5.96 Å². The van der Waals surface area contributed by atoms with E-state index in [1.807, 2.05) is 0 Å². The lowest BCUT2D eigenvalue weighted by molar-refractivity contribution is -0.384. The number of halogens is 1. The molecular formula is C16H27IN4O3. The topological polar surface area (TPSA) is 88.8 Å². The number of benzene rings is 1. The van der Waals surface area contributed by atoms with Crippen molar-refractivity contribution in [2.75, 3.05) is 20.3 Å². The number of nitrogens with zero attached hydrogens (tertiary/aromatic N) is 2. The van der Waals surface area contributed by atoms with Crippen LogP contribution in [-0.4, -0.2) is 37.2 Å². The van der Waals surface area contributed by atoms with E-state index in [4.69, 9.17) is 4.74 Å². The molecule has 7 nitrogen and oxygen atoms in total. The van der Waals surface area contributed by atoms with E-state index in [1.165, 1.54) is 12.1 Å². The number of ether oxygens (including phenoxy) is 1. The van der Waals surface area contributed by atoms with Gasteiger partial charge in [-0.05, 0) is 18.4 Å². The van der Waals surface area contributed by atoms with E-state index in [0.29, 0.717) is 31.6 Å². The molecule has 0 aromatic heterocycles. The molecule has 136 valence electrons. The van der Waals surface area contributed by atoms with Gasteiger partial charge in [0.05, 0.1) is 18.1 Å². The molecule has 0 aliphatic carbocycles. The molecular weight excluding hydrogens is 423 g/mol. The number of non-ortho nitro benzene ring substituents is 1. The monoisotopic (exact) mass is 450 g/mol. The molecule has 1 aromatic carbocycles. The molecule has 0 amide bonds. The molecule has 8 heteroatoms. The Morgan fingerprint density at radius 1 is 1.29 bits per heavy atom. The van der Waals surface area contributed by atoms with Gasteiger partial charge in [-0.1, -0.05) is 26.0 Å². The summed E-state index contributed by atoms with van der Waals surface area (Å²) in [5, 5.41) is 17.2. The van der Waals surface area contributed by atoms with E-state index in [9.17, 15) is 10.1 Å². The highest BCUT2D eigenvalue weighted by molar-refractivity contribution is 14.0. The summed E-state index contributed by atoms with van der Waals surface area (Å²) in [5.74, 6) is 1.19. The second-order valence-corrected chi connectivity index (χ2v) is 5.68. The third kappa shape index (κ3) is 8.44. The van der Waals surface area contributed by atoms with Crippen LogP contribution >= 0.6 is 24.0 Å². The Hall–Kier alpha value is -1.42. The van der Waals surface area contributed by atoms with Crippen molar-refractivity contribution in [3.8, 4) is 0 Å². The molecule has 0 saturated heterocycles. The molecule has 0 heterocycles. The molecule has 0 aliphatic heterocycles. The Bertz CT molecular complexity index is 521. The number of guanidine groups is 1. The first kappa shape index (κ1) is 22.6. The van der Waals surface area contributed by atoms with Crippen LogP contribution in [0.25, 0.3) is 0 Å². The average molecular weight is 450 g/mol. The summed E-state index contributed by atoms with van der Waals surface area (Å²) >= 11 is 0. The molecule has 1 unspecified atom stereocenters. The summed E-state index contributed by atoms with van der Waals surface area (Å²) in [6, 6.07) is 6.71. The van der Waals surface area contributed by atoms with Crippen molar-refractivity contribution in [3.63, 3.8) is 0 Å². The highest BCUT2D eigenvalue weighted by atomic mass is 127. The Morgan fingerprint density at radius 3 is 2.42 bits per heavy atom. The first-order valence-corrected chi connectivity index (χ1v) is 7.71. The summed E-state index contributed by atoms with van der Waals surface area (Å²) in [7, 11) is 1.65. The van der Waals surface area contributed by atoms with Crippen LogP contribution in [0.15, 0.2) is 29.3 Å². The fourth-order valence-corrected chi connectivity index (χ4v) is 1.70. The Morgan fingerprint density at radius 2 is 1.92 bits per heavy atom. The Kier molecular flexibility index (Phi) is 11.3. The number of aliphatic imine (C=N–C) groups is 1. The zero-order chi connectivity index (χ0) is 17.2. The van der Waals surface area contributed by atoms with Crippen LogP contribution < -0.4 is 10.6 Å². The van der Waals surface area contributed by atoms with Crippen molar-refractivity contribution >= 4 is 35.6 Å². The molecule has 24 heavy (non-hydrogen) atoms. The van der Waals surface area contributed by atoms with Crippen molar-refractivity contribution in [1.82, 2.24) is 10.6 Å². The molecule has 0 bridgehead atoms. The van der Waals surface area contributed by atoms with Gasteiger partial charge >= 0.3 is 0 Å². The van der Waals surface area contributed by atoms with E-state index in [-0.39, 0.29) is 35.7 Å². The maximum atomic E-state index is 10.7. The number of nitrogens with one attached hydrogen (secondary N) is 2. The number of nitro benzene ring substituents is 1. The lowest BCUT2D eigenvalue weighted by Crippen LogP contribution is -2.45. The van der Waals surface area contributed by atoms with Crippen LogP contribution in [0.2, 0.25) is 0 Å². The minimum absolute atomic E-state index is 0. The van der Waals surface area contributed by atoms with Crippen molar-refractivity contribution in [2.24, 2.45) is 10.9 Å². The van der Waals surface area contributed by atoms with Crippen LogP contribution in [-0.2, 0) is 11.3 Å². The summed E-state index contributed by atoms with van der Waals surface area (Å²) in [6.45, 7) is 8.08. The molecule has 1 rings (SSSR count). The van der Waals surface area contributed by atoms with Crippen LogP contribution in [0, 0.1) is 16.0 Å². The largest absolute Gasteiger partial charge is 0.383 e. The van der Waals surface area contributed by atoms with Gasteiger partial charge in [-0.15, -0.1) is 24.0 Å². The normalized spacial score (nSPS) is 12.5. The van der Waals surface area contributed by atoms with Gasteiger partial charge in [0.1, 0.15) is 0 Å². The number of hydrogen-bond acceptors (Lipinski definition) is 4. The van der Waals surface area contributed by atoms with Gasteiger partial charge in [-0.3, -0.25) is 10.1 Å². The highest BCUT2D eigenvalue weighted by Gasteiger charge is 2.09. The molecule has 1 aromatic rings. The van der Waals surface area contributed by atoms with Gasteiger partial charge in [0, 0.05) is 31.8 Å². The highest BCUT2D eigenvalue weighted by Crippen LogP contribution is 2.12. The molecule has 2 N–H and O–H groups in total. The zero-order valence-corrected chi connectivity index (χ0v) is 16.9. The number of nitro groups is 1. The van der Waals surface area contributed by atoms with Gasteiger partial charge in [-0.25, -0.2) is 4.99 Å². The number of rotatable bonds is 8. The van der Waals surface area contributed by atoms with Crippen molar-refractivity contribution in [2.45, 2.75) is 33.4 Å². The van der Waals surface area contributed by atoms with Crippen LogP contribution in [0.1, 0.15) is 26.3 Å². The first-order valence-electron chi connectivity index (χ1n) is 7.71. The minimum Gasteiger partial charge on any atom is -0.383 e. The molecule has 0 radical (unpaired) electrons. The van der Waals surface area contributed by atoms with Gasteiger partial charge in [0.25, 0.3) is 5.69 Å². The van der Waals surface area contributed by atoms with E-state index >= 15 is 0 Å². The molecule has 1 atom stereocenters. The smallest absolute Gasteiger partial charge is 0.269 e. The van der Waals surface area contributed by atoms with E-state index in [1.54, 1.807) is 19.2 Å². The van der Waals surface area contributed by atoms with Crippen molar-refractivity contribution in [3.05, 3.63) is 39.9 Å². The van der Waals surface area contributed by atoms with E-state index < -0.39 is 4.92 Å². The standard InChI is InChI=1S/C16H26N4O3.HI/c1-12(2)13(3)19-16(17-9-10-23-4)18-11-14-5-7-15(8-6-14)20(21)22;/h5-8,12-13H,9-11H2,1-4H3,(H2,17,18,19);1H. The first-order chi connectivity index (χ1) is 10.9. The predicted octanol–water partition coefficient (Wildman–Crippen LogP) is 2.94. The quantitative estimate of drug-likeness (QED) is 0.159. The lowest BCUT2D eigenvalue weighted by Gasteiger charge is -2.21. The van der Waals surface area contributed by atoms with Crippen LogP contribution in [0.3, 0.4) is 0 Å². The predicted molar refractivity (Wildman–Crippen MR) is 107 cm³/mol. The summed E-state index contributed by atoms with van der Waals surface area (Å²) in [4.78, 5) is 14.8. The minimum atomic E-state index is -0.406. The molecule has 0 spiro atoms. The van der Waals surface area contributed by atoms with Gasteiger partial charge < -0.3 is 15.4 Å². The summed E-state index contributed by atoms with van der Waals surface area (Å²) in [5.41, 5.74) is 1.00. The zero-order valence-electron chi connectivity index (χ0n) is 14.6. The summed E-state index contributed by atoms with van der Waals surface area (Å²) < 4.78 is 5.03. The Balaban J connectivity index is 0.00000529. The second kappa shape index (κ2) is 12.0. The number of methoxy groups -OCH3 is 1. The maximum absolute atomic E-state index is 10.7. The fourth-order valence-electron chi connectivity index (χ4n) is 1.70. The van der Waals surface area contributed by atoms with E-state index in [0.717, 1.165) is 5.56 Å². The number of hydrogen-bond donors (Lipinski definition) is 2. The maximum Gasteiger partial charge on any atom is 0.269 e. The summed E-state index contributed by atoms with van der Waals surface area (Å²) in [6.07, 6.45) is 0. The van der Waals surface area contributed by atoms with Crippen LogP contribution in [0.4, 0.5) is 5.69 Å². The third-order valence-corrected chi connectivity index (χ3v) is 3.53. The third-order valence-electron chi connectivity index (χ3n) is 3.53. The second-order valence-electron chi connectivity index (χ2n) is 5.68. The fraction of sp³-hybridized carbons (Fsp3) is 0.562. The van der Waals surface area contributed by atoms with Gasteiger partial charge in [-0.2, -0.15) is 0 Å². The van der Waals surface area contributed by atoms with E-state index in [2.05, 4.69) is 36.4 Å². The van der Waals surface area contributed by atoms with Crippen LogP contribution in [0.5, 0.6) is 0 Å². The SMILES string of the molecule is COCCNC(=NCc1ccc([N+](=O)[O-])cc1)NC(C)C(C)C.I. The molecule has 0 fully saturated rings. The molecule has 0 saturated carbocycles. The van der Waals surface area contributed by atoms with Crippen molar-refractivity contribution in [1.29, 1.82) is 0 Å². The molecule has 0 aliphatic rings. The lowest BCUT2D eigenvalue weighted by atomic mass is 10.1. The van der Waals surface area contributed by atoms with Crippen molar-refractivity contribution < 1.29 is 9.66 Å². The Labute approximate surface area is 160 Å². The van der Waals surface area contributed by atoms with Gasteiger partial charge in [0.2, 0.25) is 0 Å². The average Bonchev–Trinajstić information content (AvgIpc) is 2.52.